The summed E-state index contributed by atoms with van der Waals surface area (Å²) in [6.45, 7) is 4.14. The predicted octanol–water partition coefficient (Wildman–Crippen LogP) is 4.29. The molecule has 1 aromatic heterocycles. The number of nitrogens with zero attached hydrogens (tertiary/aromatic N) is 1. The number of anilines is 1. The van der Waals surface area contributed by atoms with E-state index in [4.69, 9.17) is 17.3 Å². The fourth-order valence-corrected chi connectivity index (χ4v) is 3.45. The zero-order valence-electron chi connectivity index (χ0n) is 9.66. The minimum Gasteiger partial charge on any atom is -0.398 e. The summed E-state index contributed by atoms with van der Waals surface area (Å²) in [5, 5.41) is 1.76. The smallest absolute Gasteiger partial charge is 0.103 e. The highest BCUT2D eigenvalue weighted by Gasteiger charge is 2.05. The van der Waals surface area contributed by atoms with Crippen LogP contribution in [0.3, 0.4) is 0 Å². The number of thiazole rings is 1. The summed E-state index contributed by atoms with van der Waals surface area (Å²) >= 11 is 9.45. The zero-order chi connectivity index (χ0) is 12.4. The number of nitrogens with two attached hydrogens (primary N) is 1. The molecule has 0 amide bonds. The van der Waals surface area contributed by atoms with Gasteiger partial charge in [0.15, 0.2) is 0 Å². The van der Waals surface area contributed by atoms with Gasteiger partial charge in [-0.05, 0) is 32.0 Å². The van der Waals surface area contributed by atoms with E-state index in [9.17, 15) is 0 Å². The molecule has 1 aromatic carbocycles. The van der Waals surface area contributed by atoms with Gasteiger partial charge in [-0.1, -0.05) is 11.6 Å². The molecule has 5 heteroatoms. The molecule has 2 nitrogen and oxygen atoms in total. The van der Waals surface area contributed by atoms with E-state index >= 15 is 0 Å². The van der Waals surface area contributed by atoms with Gasteiger partial charge >= 0.3 is 0 Å². The number of thioether (sulfide) groups is 1. The van der Waals surface area contributed by atoms with Gasteiger partial charge in [-0.2, -0.15) is 0 Å². The lowest BCUT2D eigenvalue weighted by molar-refractivity contribution is 1.16. The van der Waals surface area contributed by atoms with Gasteiger partial charge in [0.1, 0.15) is 5.01 Å². The lowest BCUT2D eigenvalue weighted by atomic mass is 10.3. The standard InChI is InChI=1S/C12H13ClN2S2/c1-7-8(2)17-12(15-7)6-16-9-3-4-11(14)10(13)5-9/h3-5H,6,14H2,1-2H3. The summed E-state index contributed by atoms with van der Waals surface area (Å²) in [5.41, 5.74) is 7.42. The van der Waals surface area contributed by atoms with Crippen molar-refractivity contribution in [2.45, 2.75) is 24.5 Å². The fraction of sp³-hybridized carbons (Fsp3) is 0.250. The van der Waals surface area contributed by atoms with Gasteiger partial charge in [0, 0.05) is 9.77 Å². The third-order valence-corrected chi connectivity index (χ3v) is 4.99. The number of benzene rings is 1. The molecular formula is C12H13ClN2S2. The Morgan fingerprint density at radius 1 is 1.41 bits per heavy atom. The van der Waals surface area contributed by atoms with Crippen LogP contribution in [-0.4, -0.2) is 4.98 Å². The van der Waals surface area contributed by atoms with E-state index in [1.807, 2.05) is 25.1 Å². The van der Waals surface area contributed by atoms with Crippen LogP contribution >= 0.6 is 34.7 Å². The molecule has 2 N–H and O–H groups in total. The van der Waals surface area contributed by atoms with E-state index in [0.29, 0.717) is 10.7 Å². The number of hydrogen-bond donors (Lipinski definition) is 1. The second-order valence-electron chi connectivity index (χ2n) is 3.72. The summed E-state index contributed by atoms with van der Waals surface area (Å²) in [5.74, 6) is 0.875. The molecule has 17 heavy (non-hydrogen) atoms. The summed E-state index contributed by atoms with van der Waals surface area (Å²) in [6.07, 6.45) is 0. The van der Waals surface area contributed by atoms with Crippen molar-refractivity contribution in [2.75, 3.05) is 5.73 Å². The van der Waals surface area contributed by atoms with E-state index in [0.717, 1.165) is 21.3 Å². The lowest BCUT2D eigenvalue weighted by Gasteiger charge is -2.02. The minimum absolute atomic E-state index is 0.612. The molecule has 0 bridgehead atoms. The Kier molecular flexibility index (Phi) is 3.97. The van der Waals surface area contributed by atoms with Crippen molar-refractivity contribution in [3.05, 3.63) is 38.8 Å². The summed E-state index contributed by atoms with van der Waals surface area (Å²) in [6, 6.07) is 5.72. The number of hydrogen-bond acceptors (Lipinski definition) is 4. The lowest BCUT2D eigenvalue weighted by Crippen LogP contribution is -1.86. The Labute approximate surface area is 114 Å². The molecule has 0 aliphatic rings. The van der Waals surface area contributed by atoms with Crippen LogP contribution in [0.2, 0.25) is 5.02 Å². The summed E-state index contributed by atoms with van der Waals surface area (Å²) in [4.78, 5) is 6.91. The van der Waals surface area contributed by atoms with Gasteiger partial charge in [0.05, 0.1) is 22.2 Å². The van der Waals surface area contributed by atoms with Crippen LogP contribution in [0, 0.1) is 13.8 Å². The third kappa shape index (κ3) is 3.15. The van der Waals surface area contributed by atoms with Crippen LogP contribution in [-0.2, 0) is 5.75 Å². The van der Waals surface area contributed by atoms with Crippen molar-refractivity contribution in [3.63, 3.8) is 0 Å². The van der Waals surface area contributed by atoms with Crippen LogP contribution in [0.15, 0.2) is 23.1 Å². The second-order valence-corrected chi connectivity index (χ2v) is 6.46. The quantitative estimate of drug-likeness (QED) is 0.675. The maximum Gasteiger partial charge on any atom is 0.103 e. The van der Waals surface area contributed by atoms with E-state index in [-0.39, 0.29) is 0 Å². The molecule has 0 unspecified atom stereocenters. The van der Waals surface area contributed by atoms with Crippen LogP contribution in [0.5, 0.6) is 0 Å². The Morgan fingerprint density at radius 2 is 2.18 bits per heavy atom. The first kappa shape index (κ1) is 12.7. The van der Waals surface area contributed by atoms with Gasteiger partial charge in [0.25, 0.3) is 0 Å². The van der Waals surface area contributed by atoms with Crippen molar-refractivity contribution < 1.29 is 0 Å². The van der Waals surface area contributed by atoms with Crippen molar-refractivity contribution in [3.8, 4) is 0 Å². The Balaban J connectivity index is 2.04. The largest absolute Gasteiger partial charge is 0.398 e. The first-order chi connectivity index (χ1) is 8.06. The van der Waals surface area contributed by atoms with Gasteiger partial charge < -0.3 is 5.73 Å². The molecule has 1 heterocycles. The molecule has 0 radical (unpaired) electrons. The maximum atomic E-state index is 5.97. The van der Waals surface area contributed by atoms with Crippen molar-refractivity contribution in [2.24, 2.45) is 0 Å². The van der Waals surface area contributed by atoms with Gasteiger partial charge in [-0.15, -0.1) is 23.1 Å². The summed E-state index contributed by atoms with van der Waals surface area (Å²) in [7, 11) is 0. The van der Waals surface area contributed by atoms with E-state index in [2.05, 4.69) is 11.9 Å². The molecule has 0 saturated carbocycles. The molecule has 0 spiro atoms. The molecule has 2 aromatic rings. The normalized spacial score (nSPS) is 10.8. The molecule has 0 aliphatic carbocycles. The fourth-order valence-electron chi connectivity index (χ4n) is 1.34. The summed E-state index contributed by atoms with van der Waals surface area (Å²) < 4.78 is 0. The number of aromatic nitrogens is 1. The number of rotatable bonds is 3. The van der Waals surface area contributed by atoms with Crippen molar-refractivity contribution in [1.82, 2.24) is 4.98 Å². The molecule has 0 saturated heterocycles. The molecule has 90 valence electrons. The van der Waals surface area contributed by atoms with Crippen LogP contribution < -0.4 is 5.73 Å². The molecule has 0 atom stereocenters. The van der Waals surface area contributed by atoms with E-state index in [1.165, 1.54) is 4.88 Å². The number of aryl methyl sites for hydroxylation is 2. The Bertz CT molecular complexity index is 518. The van der Waals surface area contributed by atoms with E-state index in [1.54, 1.807) is 23.1 Å². The highest BCUT2D eigenvalue weighted by atomic mass is 35.5. The number of nitrogen functional groups attached to an aromatic ring is 1. The first-order valence-corrected chi connectivity index (χ1v) is 7.35. The average Bonchev–Trinajstić information content (AvgIpc) is 2.60. The van der Waals surface area contributed by atoms with Crippen LogP contribution in [0.1, 0.15) is 15.6 Å². The predicted molar refractivity (Wildman–Crippen MR) is 77.0 cm³/mol. The highest BCUT2D eigenvalue weighted by molar-refractivity contribution is 7.98. The molecule has 2 rings (SSSR count). The van der Waals surface area contributed by atoms with Crippen LogP contribution in [0.25, 0.3) is 0 Å². The molecular weight excluding hydrogens is 272 g/mol. The number of halogens is 1. The van der Waals surface area contributed by atoms with Crippen molar-refractivity contribution >= 4 is 40.4 Å². The maximum absolute atomic E-state index is 5.97. The Morgan fingerprint density at radius 3 is 2.76 bits per heavy atom. The van der Waals surface area contributed by atoms with E-state index < -0.39 is 0 Å². The first-order valence-electron chi connectivity index (χ1n) is 5.17. The van der Waals surface area contributed by atoms with Crippen molar-refractivity contribution in [1.29, 1.82) is 0 Å². The average molecular weight is 285 g/mol. The second kappa shape index (κ2) is 5.29. The Hall–Kier alpha value is -0.710. The molecule has 0 aliphatic heterocycles. The highest BCUT2D eigenvalue weighted by Crippen LogP contribution is 2.30. The monoisotopic (exact) mass is 284 g/mol. The zero-order valence-corrected chi connectivity index (χ0v) is 12.0. The topological polar surface area (TPSA) is 38.9 Å². The van der Waals surface area contributed by atoms with Crippen LogP contribution in [0.4, 0.5) is 5.69 Å². The van der Waals surface area contributed by atoms with Gasteiger partial charge in [-0.25, -0.2) is 4.98 Å². The van der Waals surface area contributed by atoms with Gasteiger partial charge in [0.2, 0.25) is 0 Å². The minimum atomic E-state index is 0.612. The SMILES string of the molecule is Cc1nc(CSc2ccc(N)c(Cl)c2)sc1C. The molecule has 0 fully saturated rings. The third-order valence-electron chi connectivity index (χ3n) is 2.41. The van der Waals surface area contributed by atoms with Gasteiger partial charge in [-0.3, -0.25) is 0 Å².